The van der Waals surface area contributed by atoms with E-state index in [0.717, 1.165) is 5.56 Å². The summed E-state index contributed by atoms with van der Waals surface area (Å²) < 4.78 is 5.43. The fourth-order valence-electron chi connectivity index (χ4n) is 1.57. The van der Waals surface area contributed by atoms with E-state index >= 15 is 0 Å². The molecule has 0 atom stereocenters. The Morgan fingerprint density at radius 1 is 1.37 bits per heavy atom. The molecule has 0 unspecified atom stereocenters. The zero-order valence-electron chi connectivity index (χ0n) is 10.2. The predicted molar refractivity (Wildman–Crippen MR) is 71.4 cm³/mol. The topological polar surface area (TPSA) is 65.3 Å². The summed E-state index contributed by atoms with van der Waals surface area (Å²) >= 11 is 5.75. The van der Waals surface area contributed by atoms with E-state index in [4.69, 9.17) is 16.3 Å². The maximum Gasteiger partial charge on any atom is 0.311 e. The van der Waals surface area contributed by atoms with Gasteiger partial charge in [-0.15, -0.1) is 0 Å². The smallest absolute Gasteiger partial charge is 0.311 e. The van der Waals surface area contributed by atoms with E-state index in [0.29, 0.717) is 10.8 Å². The molecule has 0 saturated carbocycles. The second kappa shape index (κ2) is 5.67. The molecule has 1 heterocycles. The number of benzene rings is 1. The minimum atomic E-state index is -0.465. The quantitative estimate of drug-likeness (QED) is 0.487. The third-order valence-corrected chi connectivity index (χ3v) is 2.67. The van der Waals surface area contributed by atoms with Crippen LogP contribution < -0.4 is 4.74 Å². The highest BCUT2D eigenvalue weighted by Gasteiger charge is 2.15. The summed E-state index contributed by atoms with van der Waals surface area (Å²) in [6.07, 6.45) is 0. The van der Waals surface area contributed by atoms with E-state index < -0.39 is 4.92 Å². The van der Waals surface area contributed by atoms with Crippen LogP contribution in [0.1, 0.15) is 11.3 Å². The maximum absolute atomic E-state index is 10.9. The van der Waals surface area contributed by atoms with E-state index in [9.17, 15) is 10.1 Å². The average molecular weight is 279 g/mol. The Bertz CT molecular complexity index is 617. The van der Waals surface area contributed by atoms with Crippen molar-refractivity contribution >= 4 is 17.3 Å². The molecule has 0 spiro atoms. The molecule has 6 heteroatoms. The Balaban J connectivity index is 2.17. The number of aromatic nitrogens is 1. The summed E-state index contributed by atoms with van der Waals surface area (Å²) in [6, 6.07) is 9.95. The van der Waals surface area contributed by atoms with E-state index in [1.165, 1.54) is 6.07 Å². The van der Waals surface area contributed by atoms with Crippen molar-refractivity contribution in [2.45, 2.75) is 13.5 Å². The zero-order chi connectivity index (χ0) is 13.8. The Hall–Kier alpha value is -2.14. The van der Waals surface area contributed by atoms with E-state index in [2.05, 4.69) is 4.98 Å². The summed E-state index contributed by atoms with van der Waals surface area (Å²) in [5.74, 6) is 0.220. The molecule has 98 valence electrons. The van der Waals surface area contributed by atoms with E-state index in [1.54, 1.807) is 37.3 Å². The van der Waals surface area contributed by atoms with Gasteiger partial charge in [-0.3, -0.25) is 10.1 Å². The summed E-state index contributed by atoms with van der Waals surface area (Å²) in [4.78, 5) is 14.5. The number of hydrogen-bond donors (Lipinski definition) is 0. The summed E-state index contributed by atoms with van der Waals surface area (Å²) in [5.41, 5.74) is 1.37. The van der Waals surface area contributed by atoms with Gasteiger partial charge < -0.3 is 4.74 Å². The van der Waals surface area contributed by atoms with Crippen LogP contribution in [-0.2, 0) is 6.61 Å². The number of rotatable bonds is 4. The summed E-state index contributed by atoms with van der Waals surface area (Å²) in [5, 5.41) is 11.3. The molecule has 1 aromatic heterocycles. The lowest BCUT2D eigenvalue weighted by molar-refractivity contribution is -0.386. The molecule has 0 aliphatic heterocycles. The van der Waals surface area contributed by atoms with Crippen LogP contribution in [0.2, 0.25) is 5.15 Å². The average Bonchev–Trinajstić information content (AvgIpc) is 2.37. The van der Waals surface area contributed by atoms with Crippen molar-refractivity contribution in [3.8, 4) is 5.75 Å². The molecule has 1 aromatic carbocycles. The van der Waals surface area contributed by atoms with Gasteiger partial charge >= 0.3 is 5.69 Å². The lowest BCUT2D eigenvalue weighted by atomic mass is 10.2. The molecule has 2 aromatic rings. The van der Waals surface area contributed by atoms with Gasteiger partial charge in [-0.1, -0.05) is 23.7 Å². The van der Waals surface area contributed by atoms with Crippen LogP contribution in [0.15, 0.2) is 36.4 Å². The van der Waals surface area contributed by atoms with Crippen LogP contribution >= 0.6 is 11.6 Å². The second-order valence-electron chi connectivity index (χ2n) is 3.97. The van der Waals surface area contributed by atoms with Crippen molar-refractivity contribution < 1.29 is 9.66 Å². The first kappa shape index (κ1) is 13.3. The number of aryl methyl sites for hydroxylation is 1. The maximum atomic E-state index is 10.9. The van der Waals surface area contributed by atoms with Gasteiger partial charge in [0.1, 0.15) is 11.8 Å². The first-order chi connectivity index (χ1) is 9.06. The zero-order valence-corrected chi connectivity index (χ0v) is 10.9. The molecule has 0 radical (unpaired) electrons. The molecule has 19 heavy (non-hydrogen) atoms. The first-order valence-corrected chi connectivity index (χ1v) is 5.93. The van der Waals surface area contributed by atoms with Crippen molar-refractivity contribution in [1.82, 2.24) is 4.98 Å². The van der Waals surface area contributed by atoms with Gasteiger partial charge in [-0.25, -0.2) is 4.98 Å². The van der Waals surface area contributed by atoms with Crippen molar-refractivity contribution in [3.63, 3.8) is 0 Å². The highest BCUT2D eigenvalue weighted by molar-refractivity contribution is 6.29. The van der Waals surface area contributed by atoms with Crippen LogP contribution in [0.3, 0.4) is 0 Å². The third-order valence-electron chi connectivity index (χ3n) is 2.46. The molecule has 0 aliphatic rings. The SMILES string of the molecule is Cc1ccc(OCc2cccc(Cl)n2)c([N+](=O)[O-])c1. The molecule has 2 rings (SSSR count). The summed E-state index contributed by atoms with van der Waals surface area (Å²) in [6.45, 7) is 1.92. The molecule has 0 fully saturated rings. The predicted octanol–water partition coefficient (Wildman–Crippen LogP) is 3.53. The Morgan fingerprint density at radius 3 is 2.84 bits per heavy atom. The highest BCUT2D eigenvalue weighted by Crippen LogP contribution is 2.28. The fraction of sp³-hybridized carbons (Fsp3) is 0.154. The first-order valence-electron chi connectivity index (χ1n) is 5.55. The van der Waals surface area contributed by atoms with Gasteiger partial charge in [-0.05, 0) is 30.7 Å². The van der Waals surface area contributed by atoms with Crippen molar-refractivity contribution in [3.05, 3.63) is 62.9 Å². The minimum absolute atomic E-state index is 0.0537. The number of hydrogen-bond acceptors (Lipinski definition) is 4. The number of halogens is 1. The van der Waals surface area contributed by atoms with Crippen LogP contribution in [0.25, 0.3) is 0 Å². The van der Waals surface area contributed by atoms with Crippen LogP contribution in [0.5, 0.6) is 5.75 Å². The largest absolute Gasteiger partial charge is 0.480 e. The third kappa shape index (κ3) is 3.42. The number of ether oxygens (including phenoxy) is 1. The summed E-state index contributed by atoms with van der Waals surface area (Å²) in [7, 11) is 0. The van der Waals surface area contributed by atoms with Gasteiger partial charge in [0.05, 0.1) is 10.6 Å². The fourth-order valence-corrected chi connectivity index (χ4v) is 1.76. The monoisotopic (exact) mass is 278 g/mol. The van der Waals surface area contributed by atoms with Crippen molar-refractivity contribution in [1.29, 1.82) is 0 Å². The van der Waals surface area contributed by atoms with Crippen LogP contribution in [-0.4, -0.2) is 9.91 Å². The minimum Gasteiger partial charge on any atom is -0.480 e. The van der Waals surface area contributed by atoms with Gasteiger partial charge in [0.2, 0.25) is 0 Å². The normalized spacial score (nSPS) is 10.2. The number of nitrogens with zero attached hydrogens (tertiary/aromatic N) is 2. The Labute approximate surface area is 115 Å². The van der Waals surface area contributed by atoms with Crippen LogP contribution in [0, 0.1) is 17.0 Å². The van der Waals surface area contributed by atoms with Crippen molar-refractivity contribution in [2.75, 3.05) is 0 Å². The lowest BCUT2D eigenvalue weighted by Crippen LogP contribution is -2.01. The molecule has 5 nitrogen and oxygen atoms in total. The number of nitro benzene ring substituents is 1. The molecule has 0 N–H and O–H groups in total. The molecule has 0 bridgehead atoms. The van der Waals surface area contributed by atoms with Gasteiger partial charge in [0.25, 0.3) is 0 Å². The Morgan fingerprint density at radius 2 is 2.16 bits per heavy atom. The van der Waals surface area contributed by atoms with E-state index in [1.807, 2.05) is 0 Å². The van der Waals surface area contributed by atoms with Crippen molar-refractivity contribution in [2.24, 2.45) is 0 Å². The second-order valence-corrected chi connectivity index (χ2v) is 4.36. The molecule has 0 amide bonds. The standard InChI is InChI=1S/C13H11ClN2O3/c1-9-5-6-12(11(7-9)16(17)18)19-8-10-3-2-4-13(14)15-10/h2-7H,8H2,1H3. The molecular weight excluding hydrogens is 268 g/mol. The molecule has 0 saturated heterocycles. The molecule has 0 aliphatic carbocycles. The number of nitro groups is 1. The highest BCUT2D eigenvalue weighted by atomic mass is 35.5. The lowest BCUT2D eigenvalue weighted by Gasteiger charge is -2.07. The number of pyridine rings is 1. The van der Waals surface area contributed by atoms with Gasteiger partial charge in [-0.2, -0.15) is 0 Å². The van der Waals surface area contributed by atoms with Crippen LogP contribution in [0.4, 0.5) is 5.69 Å². The Kier molecular flexibility index (Phi) is 3.97. The van der Waals surface area contributed by atoms with Gasteiger partial charge in [0.15, 0.2) is 5.75 Å². The molecular formula is C13H11ClN2O3. The van der Waals surface area contributed by atoms with Gasteiger partial charge in [0, 0.05) is 6.07 Å². The van der Waals surface area contributed by atoms with E-state index in [-0.39, 0.29) is 18.0 Å².